The van der Waals surface area contributed by atoms with Crippen LogP contribution in [0.2, 0.25) is 0 Å². The Balaban J connectivity index is 1.97. The van der Waals surface area contributed by atoms with Crippen molar-refractivity contribution in [2.45, 2.75) is 25.8 Å². The highest BCUT2D eigenvalue weighted by molar-refractivity contribution is 7.15. The van der Waals surface area contributed by atoms with Gasteiger partial charge in [0.1, 0.15) is 10.5 Å². The van der Waals surface area contributed by atoms with Gasteiger partial charge in [-0.3, -0.25) is 14.7 Å². The van der Waals surface area contributed by atoms with Gasteiger partial charge in [-0.2, -0.15) is 0 Å². The van der Waals surface area contributed by atoms with E-state index >= 15 is 0 Å². The van der Waals surface area contributed by atoms with Crippen molar-refractivity contribution < 1.29 is 4.79 Å². The van der Waals surface area contributed by atoms with E-state index in [0.29, 0.717) is 0 Å². The average Bonchev–Trinajstić information content (AvgIpc) is 3.04. The lowest BCUT2D eigenvalue weighted by molar-refractivity contribution is -0.128. The number of amides is 1. The summed E-state index contributed by atoms with van der Waals surface area (Å²) >= 11 is 1.49. The zero-order valence-electron chi connectivity index (χ0n) is 13.7. The van der Waals surface area contributed by atoms with Crippen LogP contribution in [0.25, 0.3) is 10.4 Å². The van der Waals surface area contributed by atoms with Gasteiger partial charge in [0.05, 0.1) is 11.3 Å². The van der Waals surface area contributed by atoms with Crippen LogP contribution in [0.15, 0.2) is 29.6 Å². The Bertz CT molecular complexity index is 892. The molecule has 0 spiro atoms. The quantitative estimate of drug-likeness (QED) is 0.848. The lowest BCUT2D eigenvalue weighted by atomic mass is 9.97. The van der Waals surface area contributed by atoms with E-state index in [9.17, 15) is 4.79 Å². The summed E-state index contributed by atoms with van der Waals surface area (Å²) in [7, 11) is 1.62. The zero-order valence-corrected chi connectivity index (χ0v) is 14.5. The SMILES string of the molecule is CC#Cc1cncc(-c2cnc([C@]3(C)CC(=O)N(C)C(N)=N3)s2)c1. The second-order valence-electron chi connectivity index (χ2n) is 5.74. The summed E-state index contributed by atoms with van der Waals surface area (Å²) in [6, 6.07) is 1.97. The predicted octanol–water partition coefficient (Wildman–Crippen LogP) is 1.97. The Morgan fingerprint density at radius 1 is 1.38 bits per heavy atom. The Morgan fingerprint density at radius 2 is 2.17 bits per heavy atom. The number of rotatable bonds is 2. The minimum absolute atomic E-state index is 0.0661. The molecule has 0 unspecified atom stereocenters. The molecule has 3 heterocycles. The number of pyridine rings is 1. The third-order valence-electron chi connectivity index (χ3n) is 3.83. The summed E-state index contributed by atoms with van der Waals surface area (Å²) in [5, 5.41) is 0.758. The topological polar surface area (TPSA) is 84.5 Å². The third kappa shape index (κ3) is 2.88. The van der Waals surface area contributed by atoms with E-state index in [1.54, 1.807) is 32.6 Å². The molecule has 0 aliphatic carbocycles. The summed E-state index contributed by atoms with van der Waals surface area (Å²) in [6.45, 7) is 3.67. The highest BCUT2D eigenvalue weighted by Crippen LogP contribution is 2.38. The van der Waals surface area contributed by atoms with Crippen LogP contribution >= 0.6 is 11.3 Å². The van der Waals surface area contributed by atoms with Crippen LogP contribution in [0.3, 0.4) is 0 Å². The maximum absolute atomic E-state index is 12.1. The van der Waals surface area contributed by atoms with Gasteiger partial charge in [0.2, 0.25) is 5.91 Å². The van der Waals surface area contributed by atoms with Crippen LogP contribution in [0, 0.1) is 11.8 Å². The van der Waals surface area contributed by atoms with Gasteiger partial charge in [-0.05, 0) is 19.9 Å². The molecule has 0 saturated carbocycles. The summed E-state index contributed by atoms with van der Waals surface area (Å²) < 4.78 is 0. The Morgan fingerprint density at radius 3 is 2.88 bits per heavy atom. The molecule has 0 saturated heterocycles. The lowest BCUT2D eigenvalue weighted by Crippen LogP contribution is -2.47. The molecule has 24 heavy (non-hydrogen) atoms. The van der Waals surface area contributed by atoms with Crippen molar-refractivity contribution >= 4 is 23.2 Å². The van der Waals surface area contributed by atoms with Gasteiger partial charge >= 0.3 is 0 Å². The first-order valence-electron chi connectivity index (χ1n) is 7.39. The van der Waals surface area contributed by atoms with Gasteiger partial charge in [0, 0.05) is 36.8 Å². The second kappa shape index (κ2) is 6.06. The molecule has 1 aliphatic heterocycles. The number of aromatic nitrogens is 2. The van der Waals surface area contributed by atoms with Gasteiger partial charge in [0.25, 0.3) is 0 Å². The summed E-state index contributed by atoms with van der Waals surface area (Å²) in [4.78, 5) is 27.6. The fourth-order valence-corrected chi connectivity index (χ4v) is 3.46. The van der Waals surface area contributed by atoms with Gasteiger partial charge in [-0.15, -0.1) is 17.3 Å². The maximum atomic E-state index is 12.1. The largest absolute Gasteiger partial charge is 0.369 e. The molecule has 2 aromatic heterocycles. The highest BCUT2D eigenvalue weighted by Gasteiger charge is 2.38. The third-order valence-corrected chi connectivity index (χ3v) is 5.13. The number of hydrogen-bond donors (Lipinski definition) is 1. The fraction of sp³-hybridized carbons (Fsp3) is 0.294. The first kappa shape index (κ1) is 16.1. The van der Waals surface area contributed by atoms with Crippen molar-refractivity contribution in [2.75, 3.05) is 7.05 Å². The molecule has 0 aromatic carbocycles. The molecule has 7 heteroatoms. The number of carbonyl (C=O) groups excluding carboxylic acids is 1. The van der Waals surface area contributed by atoms with Gasteiger partial charge in [-0.25, -0.2) is 9.98 Å². The van der Waals surface area contributed by atoms with Crippen molar-refractivity contribution in [1.82, 2.24) is 14.9 Å². The summed E-state index contributed by atoms with van der Waals surface area (Å²) in [5.74, 6) is 6.01. The molecular weight excluding hydrogens is 322 g/mol. The van der Waals surface area contributed by atoms with Gasteiger partial charge < -0.3 is 5.73 Å². The number of guanidine groups is 1. The smallest absolute Gasteiger partial charge is 0.231 e. The number of aliphatic imine (C=N–C) groups is 1. The van der Waals surface area contributed by atoms with E-state index in [4.69, 9.17) is 5.73 Å². The summed E-state index contributed by atoms with van der Waals surface area (Å²) in [5.41, 5.74) is 6.93. The Labute approximate surface area is 144 Å². The van der Waals surface area contributed by atoms with Crippen molar-refractivity contribution in [1.29, 1.82) is 0 Å². The van der Waals surface area contributed by atoms with E-state index in [1.165, 1.54) is 16.2 Å². The molecule has 1 atom stereocenters. The molecule has 1 amide bonds. The number of carbonyl (C=O) groups is 1. The molecule has 122 valence electrons. The number of nitrogens with two attached hydrogens (primary N) is 1. The second-order valence-corrected chi connectivity index (χ2v) is 6.77. The Kier molecular flexibility index (Phi) is 4.08. The lowest BCUT2D eigenvalue weighted by Gasteiger charge is -2.31. The van der Waals surface area contributed by atoms with E-state index < -0.39 is 5.54 Å². The van der Waals surface area contributed by atoms with Crippen molar-refractivity contribution in [3.05, 3.63) is 35.2 Å². The molecule has 0 radical (unpaired) electrons. The molecule has 0 bridgehead atoms. The standard InChI is InChI=1S/C17H17N5OS/c1-4-5-11-6-12(9-19-8-11)13-10-20-15(24-13)17(2)7-14(23)22(3)16(18)21-17/h6,8-10H,7H2,1-3H3,(H2,18,21)/t17-/m0/s1. The van der Waals surface area contributed by atoms with E-state index in [-0.39, 0.29) is 18.3 Å². The van der Waals surface area contributed by atoms with Crippen LogP contribution in [-0.2, 0) is 10.3 Å². The molecular formula is C17H17N5OS. The highest BCUT2D eigenvalue weighted by atomic mass is 32.1. The molecule has 1 aliphatic rings. The maximum Gasteiger partial charge on any atom is 0.231 e. The fourth-order valence-electron chi connectivity index (χ4n) is 2.48. The van der Waals surface area contributed by atoms with Crippen molar-refractivity contribution in [2.24, 2.45) is 10.7 Å². The average molecular weight is 339 g/mol. The molecule has 2 N–H and O–H groups in total. The first-order chi connectivity index (χ1) is 11.4. The van der Waals surface area contributed by atoms with Crippen LogP contribution in [-0.4, -0.2) is 33.8 Å². The Hall–Kier alpha value is -2.72. The van der Waals surface area contributed by atoms with Gasteiger partial charge in [0.15, 0.2) is 5.96 Å². The number of hydrogen-bond acceptors (Lipinski definition) is 6. The van der Waals surface area contributed by atoms with E-state index in [0.717, 1.165) is 21.0 Å². The van der Waals surface area contributed by atoms with Crippen LogP contribution < -0.4 is 5.73 Å². The van der Waals surface area contributed by atoms with Crippen molar-refractivity contribution in [3.63, 3.8) is 0 Å². The molecule has 0 fully saturated rings. The normalized spacial score (nSPS) is 20.4. The summed E-state index contributed by atoms with van der Waals surface area (Å²) in [6.07, 6.45) is 5.53. The number of nitrogens with zero attached hydrogens (tertiary/aromatic N) is 4. The molecule has 2 aromatic rings. The van der Waals surface area contributed by atoms with E-state index in [2.05, 4.69) is 26.8 Å². The molecule has 3 rings (SSSR count). The first-order valence-corrected chi connectivity index (χ1v) is 8.21. The van der Waals surface area contributed by atoms with Crippen LogP contribution in [0.5, 0.6) is 0 Å². The predicted molar refractivity (Wildman–Crippen MR) is 94.3 cm³/mol. The van der Waals surface area contributed by atoms with Gasteiger partial charge in [-0.1, -0.05) is 5.92 Å². The van der Waals surface area contributed by atoms with Crippen molar-refractivity contribution in [3.8, 4) is 22.3 Å². The minimum Gasteiger partial charge on any atom is -0.369 e. The molecule has 6 nitrogen and oxygen atoms in total. The monoisotopic (exact) mass is 339 g/mol. The van der Waals surface area contributed by atoms with Crippen LogP contribution in [0.4, 0.5) is 0 Å². The van der Waals surface area contributed by atoms with E-state index in [1.807, 2.05) is 13.0 Å². The van der Waals surface area contributed by atoms with Crippen LogP contribution in [0.1, 0.15) is 30.8 Å². The number of thiazole rings is 1. The minimum atomic E-state index is -0.731. The zero-order chi connectivity index (χ0) is 17.3.